The van der Waals surface area contributed by atoms with Crippen molar-refractivity contribution in [3.8, 4) is 0 Å². The predicted octanol–water partition coefficient (Wildman–Crippen LogP) is 4.29. The van der Waals surface area contributed by atoms with Gasteiger partial charge in [-0.15, -0.1) is 0 Å². The molecule has 26 heavy (non-hydrogen) atoms. The van der Waals surface area contributed by atoms with Gasteiger partial charge in [-0.3, -0.25) is 9.78 Å². The van der Waals surface area contributed by atoms with E-state index in [0.717, 1.165) is 49.2 Å². The Morgan fingerprint density at radius 1 is 1.04 bits per heavy atom. The Bertz CT molecular complexity index is 743. The fourth-order valence-corrected chi connectivity index (χ4v) is 4.41. The van der Waals surface area contributed by atoms with Crippen LogP contribution in [0.1, 0.15) is 48.9 Å². The molecule has 2 fully saturated rings. The first-order chi connectivity index (χ1) is 12.8. The van der Waals surface area contributed by atoms with Crippen LogP contribution >= 0.6 is 0 Å². The maximum Gasteiger partial charge on any atom is 0.254 e. The average Bonchev–Trinajstić information content (AvgIpc) is 3.20. The molecule has 2 aromatic rings. The summed E-state index contributed by atoms with van der Waals surface area (Å²) in [5.41, 5.74) is 1.67. The van der Waals surface area contributed by atoms with Gasteiger partial charge < -0.3 is 9.64 Å². The topological polar surface area (TPSA) is 42.4 Å². The summed E-state index contributed by atoms with van der Waals surface area (Å²) in [4.78, 5) is 20.0. The standard InChI is InChI=1S/C22H28N2O2/c25-22(20-10-12-23-21-9-5-4-8-19(20)21)24(15-18-11-13-26-16-18)14-17-6-2-1-3-7-17/h4-5,8-10,12,17-18H,1-3,6-7,11,13-16H2/t18-/m0/s1. The molecule has 2 aliphatic rings. The monoisotopic (exact) mass is 352 g/mol. The van der Waals surface area contributed by atoms with E-state index in [1.165, 1.54) is 32.1 Å². The van der Waals surface area contributed by atoms with Crippen LogP contribution in [0.3, 0.4) is 0 Å². The molecule has 0 radical (unpaired) electrons. The highest BCUT2D eigenvalue weighted by atomic mass is 16.5. The van der Waals surface area contributed by atoms with Crippen LogP contribution in [0.5, 0.6) is 0 Å². The molecule has 1 atom stereocenters. The molecule has 1 saturated carbocycles. The highest BCUT2D eigenvalue weighted by molar-refractivity contribution is 6.05. The summed E-state index contributed by atoms with van der Waals surface area (Å²) >= 11 is 0. The van der Waals surface area contributed by atoms with E-state index in [2.05, 4.69) is 9.88 Å². The van der Waals surface area contributed by atoms with Crippen LogP contribution in [0.4, 0.5) is 0 Å². The van der Waals surface area contributed by atoms with Gasteiger partial charge in [0, 0.05) is 37.2 Å². The predicted molar refractivity (Wildman–Crippen MR) is 103 cm³/mol. The van der Waals surface area contributed by atoms with Crippen LogP contribution < -0.4 is 0 Å². The van der Waals surface area contributed by atoms with Crippen LogP contribution in [0.2, 0.25) is 0 Å². The summed E-state index contributed by atoms with van der Waals surface area (Å²) < 4.78 is 5.56. The van der Waals surface area contributed by atoms with Crippen molar-refractivity contribution in [2.24, 2.45) is 11.8 Å². The van der Waals surface area contributed by atoms with Crippen LogP contribution in [0.15, 0.2) is 36.5 Å². The molecule has 0 N–H and O–H groups in total. The number of rotatable bonds is 5. The number of fused-ring (bicyclic) bond motifs is 1. The van der Waals surface area contributed by atoms with Crippen molar-refractivity contribution in [3.63, 3.8) is 0 Å². The zero-order valence-electron chi connectivity index (χ0n) is 15.4. The van der Waals surface area contributed by atoms with Crippen molar-refractivity contribution in [2.75, 3.05) is 26.3 Å². The van der Waals surface area contributed by atoms with E-state index in [4.69, 9.17) is 4.74 Å². The zero-order chi connectivity index (χ0) is 17.8. The van der Waals surface area contributed by atoms with E-state index in [1.54, 1.807) is 6.20 Å². The van der Waals surface area contributed by atoms with E-state index in [0.29, 0.717) is 11.8 Å². The Morgan fingerprint density at radius 3 is 2.65 bits per heavy atom. The fraction of sp³-hybridized carbons (Fsp3) is 0.545. The van der Waals surface area contributed by atoms with Crippen molar-refractivity contribution >= 4 is 16.8 Å². The molecule has 1 amide bonds. The number of benzene rings is 1. The summed E-state index contributed by atoms with van der Waals surface area (Å²) in [6, 6.07) is 9.81. The second kappa shape index (κ2) is 8.17. The number of nitrogens with zero attached hydrogens (tertiary/aromatic N) is 2. The smallest absolute Gasteiger partial charge is 0.254 e. The molecular weight excluding hydrogens is 324 g/mol. The number of pyridine rings is 1. The lowest BCUT2D eigenvalue weighted by Crippen LogP contribution is -2.39. The summed E-state index contributed by atoms with van der Waals surface area (Å²) in [6.45, 7) is 3.30. The number of ether oxygens (including phenoxy) is 1. The molecule has 138 valence electrons. The highest BCUT2D eigenvalue weighted by Crippen LogP contribution is 2.27. The third-order valence-corrected chi connectivity index (χ3v) is 5.87. The number of hydrogen-bond donors (Lipinski definition) is 0. The molecule has 1 aliphatic heterocycles. The van der Waals surface area contributed by atoms with Gasteiger partial charge in [0.2, 0.25) is 0 Å². The van der Waals surface area contributed by atoms with Gasteiger partial charge >= 0.3 is 0 Å². The largest absolute Gasteiger partial charge is 0.381 e. The van der Waals surface area contributed by atoms with Crippen LogP contribution in [0, 0.1) is 11.8 Å². The molecule has 4 rings (SSSR count). The Morgan fingerprint density at radius 2 is 1.85 bits per heavy atom. The number of para-hydroxylation sites is 1. The summed E-state index contributed by atoms with van der Waals surface area (Å²) in [6.07, 6.45) is 9.27. The lowest BCUT2D eigenvalue weighted by molar-refractivity contribution is 0.0675. The minimum Gasteiger partial charge on any atom is -0.381 e. The Kier molecular flexibility index (Phi) is 5.49. The minimum atomic E-state index is 0.154. The molecule has 4 heteroatoms. The Labute approximate surface area is 155 Å². The number of amides is 1. The van der Waals surface area contributed by atoms with Crippen molar-refractivity contribution in [1.29, 1.82) is 0 Å². The number of aromatic nitrogens is 1. The molecule has 1 aliphatic carbocycles. The maximum atomic E-state index is 13.5. The maximum absolute atomic E-state index is 13.5. The van der Waals surface area contributed by atoms with Crippen molar-refractivity contribution in [3.05, 3.63) is 42.1 Å². The van der Waals surface area contributed by atoms with Gasteiger partial charge in [0.05, 0.1) is 17.7 Å². The van der Waals surface area contributed by atoms with Crippen LogP contribution in [0.25, 0.3) is 10.9 Å². The van der Waals surface area contributed by atoms with E-state index >= 15 is 0 Å². The van der Waals surface area contributed by atoms with E-state index in [-0.39, 0.29) is 5.91 Å². The quantitative estimate of drug-likeness (QED) is 0.806. The second-order valence-corrected chi connectivity index (χ2v) is 7.82. The molecule has 2 heterocycles. The molecular formula is C22H28N2O2. The molecule has 1 saturated heterocycles. The van der Waals surface area contributed by atoms with Crippen LogP contribution in [-0.4, -0.2) is 42.1 Å². The molecule has 1 aromatic heterocycles. The Balaban J connectivity index is 1.59. The third kappa shape index (κ3) is 3.90. The van der Waals surface area contributed by atoms with Crippen molar-refractivity contribution in [2.45, 2.75) is 38.5 Å². The van der Waals surface area contributed by atoms with Gasteiger partial charge in [0.25, 0.3) is 5.91 Å². The zero-order valence-corrected chi connectivity index (χ0v) is 15.4. The summed E-state index contributed by atoms with van der Waals surface area (Å²) in [5, 5.41) is 0.955. The van der Waals surface area contributed by atoms with Crippen molar-refractivity contribution in [1.82, 2.24) is 9.88 Å². The molecule has 4 nitrogen and oxygen atoms in total. The van der Waals surface area contributed by atoms with Gasteiger partial charge in [0.1, 0.15) is 0 Å². The second-order valence-electron chi connectivity index (χ2n) is 7.82. The lowest BCUT2D eigenvalue weighted by Gasteiger charge is -2.31. The van der Waals surface area contributed by atoms with Gasteiger partial charge in [-0.05, 0) is 37.3 Å². The lowest BCUT2D eigenvalue weighted by atomic mass is 9.88. The SMILES string of the molecule is O=C(c1ccnc2ccccc12)N(CC1CCCCC1)C[C@@H]1CCOC1. The van der Waals surface area contributed by atoms with E-state index < -0.39 is 0 Å². The first kappa shape index (κ1) is 17.5. The summed E-state index contributed by atoms with van der Waals surface area (Å²) in [5.74, 6) is 1.26. The third-order valence-electron chi connectivity index (χ3n) is 5.87. The van der Waals surface area contributed by atoms with Crippen molar-refractivity contribution < 1.29 is 9.53 Å². The first-order valence-corrected chi connectivity index (χ1v) is 10.0. The van der Waals surface area contributed by atoms with Gasteiger partial charge in [-0.2, -0.15) is 0 Å². The van der Waals surface area contributed by atoms with Gasteiger partial charge in [0.15, 0.2) is 0 Å². The van der Waals surface area contributed by atoms with E-state index in [9.17, 15) is 4.79 Å². The van der Waals surface area contributed by atoms with Gasteiger partial charge in [-0.25, -0.2) is 0 Å². The Hall–Kier alpha value is -1.94. The first-order valence-electron chi connectivity index (χ1n) is 10.0. The minimum absolute atomic E-state index is 0.154. The molecule has 0 unspecified atom stereocenters. The normalized spacial score (nSPS) is 21.2. The number of carbonyl (C=O) groups is 1. The highest BCUT2D eigenvalue weighted by Gasteiger charge is 2.27. The molecule has 0 bridgehead atoms. The summed E-state index contributed by atoms with van der Waals surface area (Å²) in [7, 11) is 0. The number of carbonyl (C=O) groups excluding carboxylic acids is 1. The average molecular weight is 352 g/mol. The number of hydrogen-bond acceptors (Lipinski definition) is 3. The molecule has 1 aromatic carbocycles. The molecule has 0 spiro atoms. The van der Waals surface area contributed by atoms with Crippen LogP contribution in [-0.2, 0) is 4.74 Å². The van der Waals surface area contributed by atoms with Gasteiger partial charge in [-0.1, -0.05) is 37.5 Å². The van der Waals surface area contributed by atoms with E-state index in [1.807, 2.05) is 30.3 Å². The fourth-order valence-electron chi connectivity index (χ4n) is 4.41.